The minimum atomic E-state index is -1.36. The summed E-state index contributed by atoms with van der Waals surface area (Å²) in [7, 11) is 0. The van der Waals surface area contributed by atoms with Crippen LogP contribution in [0, 0.1) is 0 Å². The van der Waals surface area contributed by atoms with E-state index >= 15 is 0 Å². The first-order valence-corrected chi connectivity index (χ1v) is 7.04. The highest BCUT2D eigenvalue weighted by atomic mass is 16.7. The molecule has 0 aliphatic carbocycles. The van der Waals surface area contributed by atoms with Crippen LogP contribution in [0.2, 0.25) is 0 Å². The lowest BCUT2D eigenvalue weighted by atomic mass is 9.99. The van der Waals surface area contributed by atoms with E-state index in [-0.39, 0.29) is 0 Å². The highest BCUT2D eigenvalue weighted by molar-refractivity contribution is 4.88. The molecular weight excluding hydrogens is 252 g/mol. The van der Waals surface area contributed by atoms with Crippen LogP contribution in [-0.2, 0) is 9.47 Å². The molecule has 1 saturated heterocycles. The Kier molecular flexibility index (Phi) is 7.82. The first kappa shape index (κ1) is 16.8. The zero-order valence-electron chi connectivity index (χ0n) is 11.4. The van der Waals surface area contributed by atoms with E-state index in [2.05, 4.69) is 6.92 Å². The molecule has 1 heterocycles. The van der Waals surface area contributed by atoms with Crippen molar-refractivity contribution in [2.45, 2.75) is 69.7 Å². The quantitative estimate of drug-likeness (QED) is 0.458. The van der Waals surface area contributed by atoms with Gasteiger partial charge in [-0.15, -0.1) is 0 Å². The fourth-order valence-corrected chi connectivity index (χ4v) is 2.11. The van der Waals surface area contributed by atoms with Crippen molar-refractivity contribution in [2.75, 3.05) is 13.2 Å². The van der Waals surface area contributed by atoms with Gasteiger partial charge in [0.05, 0.1) is 6.61 Å². The smallest absolute Gasteiger partial charge is 0.186 e. The second-order valence-electron chi connectivity index (χ2n) is 4.98. The van der Waals surface area contributed by atoms with E-state index in [1.54, 1.807) is 0 Å². The van der Waals surface area contributed by atoms with Crippen LogP contribution < -0.4 is 0 Å². The monoisotopic (exact) mass is 278 g/mol. The molecule has 0 aromatic heterocycles. The summed E-state index contributed by atoms with van der Waals surface area (Å²) in [4.78, 5) is 0. The number of hydrogen-bond donors (Lipinski definition) is 4. The molecule has 4 N–H and O–H groups in total. The zero-order chi connectivity index (χ0) is 14.3. The highest BCUT2D eigenvalue weighted by Crippen LogP contribution is 2.22. The lowest BCUT2D eigenvalue weighted by Gasteiger charge is -2.39. The Bertz CT molecular complexity index is 235. The molecule has 1 aliphatic rings. The van der Waals surface area contributed by atoms with Crippen molar-refractivity contribution < 1.29 is 29.9 Å². The van der Waals surface area contributed by atoms with Gasteiger partial charge in [0.25, 0.3) is 0 Å². The van der Waals surface area contributed by atoms with Gasteiger partial charge in [0, 0.05) is 6.61 Å². The Balaban J connectivity index is 2.28. The van der Waals surface area contributed by atoms with E-state index in [0.29, 0.717) is 6.61 Å². The summed E-state index contributed by atoms with van der Waals surface area (Å²) in [6.45, 7) is 2.14. The molecule has 0 radical (unpaired) electrons. The van der Waals surface area contributed by atoms with Crippen LogP contribution >= 0.6 is 0 Å². The van der Waals surface area contributed by atoms with Crippen LogP contribution in [0.4, 0.5) is 0 Å². The maximum atomic E-state index is 9.72. The molecule has 114 valence electrons. The summed E-state index contributed by atoms with van der Waals surface area (Å²) in [6.07, 6.45) is -0.471. The Morgan fingerprint density at radius 1 is 0.947 bits per heavy atom. The molecule has 6 heteroatoms. The van der Waals surface area contributed by atoms with Gasteiger partial charge in [-0.25, -0.2) is 0 Å². The van der Waals surface area contributed by atoms with Gasteiger partial charge in [-0.3, -0.25) is 0 Å². The molecule has 1 aliphatic heterocycles. The van der Waals surface area contributed by atoms with E-state index < -0.39 is 37.3 Å². The van der Waals surface area contributed by atoms with E-state index in [4.69, 9.17) is 14.6 Å². The van der Waals surface area contributed by atoms with Gasteiger partial charge in [0.1, 0.15) is 24.4 Å². The maximum absolute atomic E-state index is 9.72. The molecule has 0 amide bonds. The normalized spacial score (nSPS) is 35.5. The standard InChI is InChI=1S/C13H26O6/c1-2-3-4-5-6-7-18-13-12(17)11(16)10(15)9(8-14)19-13/h9-17H,2-8H2,1H3/t9-,10+,11-,12+,13-/m1/s1. The maximum Gasteiger partial charge on any atom is 0.186 e. The second kappa shape index (κ2) is 8.84. The van der Waals surface area contributed by atoms with Gasteiger partial charge in [0.15, 0.2) is 6.29 Å². The van der Waals surface area contributed by atoms with Crippen molar-refractivity contribution in [1.82, 2.24) is 0 Å². The van der Waals surface area contributed by atoms with Gasteiger partial charge < -0.3 is 29.9 Å². The largest absolute Gasteiger partial charge is 0.394 e. The zero-order valence-corrected chi connectivity index (χ0v) is 11.4. The van der Waals surface area contributed by atoms with Crippen LogP contribution in [0.25, 0.3) is 0 Å². The van der Waals surface area contributed by atoms with Gasteiger partial charge in [-0.1, -0.05) is 32.6 Å². The number of aliphatic hydroxyl groups is 4. The predicted molar refractivity (Wildman–Crippen MR) is 68.5 cm³/mol. The molecule has 1 rings (SSSR count). The lowest BCUT2D eigenvalue weighted by Crippen LogP contribution is -2.59. The number of aliphatic hydroxyl groups excluding tert-OH is 4. The molecule has 0 aromatic rings. The first-order valence-electron chi connectivity index (χ1n) is 7.04. The van der Waals surface area contributed by atoms with Crippen LogP contribution in [0.1, 0.15) is 39.0 Å². The van der Waals surface area contributed by atoms with Crippen molar-refractivity contribution in [1.29, 1.82) is 0 Å². The van der Waals surface area contributed by atoms with E-state index in [1.807, 2.05) is 0 Å². The number of hydrogen-bond acceptors (Lipinski definition) is 6. The third-order valence-electron chi connectivity index (χ3n) is 3.38. The number of unbranched alkanes of at least 4 members (excludes halogenated alkanes) is 4. The van der Waals surface area contributed by atoms with Crippen molar-refractivity contribution in [3.8, 4) is 0 Å². The molecule has 6 nitrogen and oxygen atoms in total. The number of ether oxygens (including phenoxy) is 2. The molecule has 1 fully saturated rings. The molecule has 0 unspecified atom stereocenters. The van der Waals surface area contributed by atoms with Crippen molar-refractivity contribution in [2.24, 2.45) is 0 Å². The summed E-state index contributed by atoms with van der Waals surface area (Å²) in [5.74, 6) is 0. The van der Waals surface area contributed by atoms with E-state index in [1.165, 1.54) is 12.8 Å². The van der Waals surface area contributed by atoms with E-state index in [0.717, 1.165) is 19.3 Å². The molecule has 0 saturated carbocycles. The average Bonchev–Trinajstić information content (AvgIpc) is 2.42. The molecular formula is C13H26O6. The molecule has 0 aromatic carbocycles. The topological polar surface area (TPSA) is 99.4 Å². The lowest BCUT2D eigenvalue weighted by molar-refractivity contribution is -0.301. The molecule has 0 bridgehead atoms. The summed E-state index contributed by atoms with van der Waals surface area (Å²) < 4.78 is 10.6. The number of rotatable bonds is 8. The highest BCUT2D eigenvalue weighted by Gasteiger charge is 2.43. The summed E-state index contributed by atoms with van der Waals surface area (Å²) in [5, 5.41) is 37.9. The minimum absolute atomic E-state index is 0.423. The summed E-state index contributed by atoms with van der Waals surface area (Å²) in [6, 6.07) is 0. The van der Waals surface area contributed by atoms with Crippen LogP contribution in [0.5, 0.6) is 0 Å². The SMILES string of the molecule is CCCCCCCO[C@@H]1O[C@H](CO)[C@H](O)[C@@H](O)[C@@H]1O. The van der Waals surface area contributed by atoms with Gasteiger partial charge in [-0.2, -0.15) is 0 Å². The second-order valence-corrected chi connectivity index (χ2v) is 4.98. The predicted octanol–water partition coefficient (Wildman–Crippen LogP) is -0.227. The molecule has 5 atom stereocenters. The average molecular weight is 278 g/mol. The Morgan fingerprint density at radius 2 is 1.63 bits per heavy atom. The third kappa shape index (κ3) is 4.98. The first-order chi connectivity index (χ1) is 9.11. The molecule has 19 heavy (non-hydrogen) atoms. The van der Waals surface area contributed by atoms with Gasteiger partial charge >= 0.3 is 0 Å². The Labute approximate surface area is 114 Å². The Morgan fingerprint density at radius 3 is 2.26 bits per heavy atom. The van der Waals surface area contributed by atoms with Crippen molar-refractivity contribution in [3.63, 3.8) is 0 Å². The van der Waals surface area contributed by atoms with Gasteiger partial charge in [-0.05, 0) is 6.42 Å². The van der Waals surface area contributed by atoms with Crippen molar-refractivity contribution >= 4 is 0 Å². The minimum Gasteiger partial charge on any atom is -0.394 e. The van der Waals surface area contributed by atoms with E-state index in [9.17, 15) is 15.3 Å². The van der Waals surface area contributed by atoms with Gasteiger partial charge in [0.2, 0.25) is 0 Å². The molecule has 0 spiro atoms. The fraction of sp³-hybridized carbons (Fsp3) is 1.00. The summed E-state index contributed by atoms with van der Waals surface area (Å²) in [5.41, 5.74) is 0. The van der Waals surface area contributed by atoms with Crippen LogP contribution in [0.15, 0.2) is 0 Å². The fourth-order valence-electron chi connectivity index (χ4n) is 2.11. The van der Waals surface area contributed by atoms with Crippen LogP contribution in [0.3, 0.4) is 0 Å². The third-order valence-corrected chi connectivity index (χ3v) is 3.38. The summed E-state index contributed by atoms with van der Waals surface area (Å²) >= 11 is 0. The van der Waals surface area contributed by atoms with Crippen LogP contribution in [-0.4, -0.2) is 64.3 Å². The van der Waals surface area contributed by atoms with Crippen molar-refractivity contribution in [3.05, 3.63) is 0 Å². The Hall–Kier alpha value is -0.240.